The van der Waals surface area contributed by atoms with Gasteiger partial charge in [-0.25, -0.2) is 0 Å². The molecular weight excluding hydrogens is 248 g/mol. The van der Waals surface area contributed by atoms with Gasteiger partial charge < -0.3 is 9.53 Å². The van der Waals surface area contributed by atoms with Crippen molar-refractivity contribution in [3.05, 3.63) is 0 Å². The van der Waals surface area contributed by atoms with Crippen LogP contribution >= 0.6 is 0 Å². The number of carboxylic acid groups (broad SMARTS) is 1. The molecule has 0 spiro atoms. The zero-order valence-corrected chi connectivity index (χ0v) is 12.5. The van der Waals surface area contributed by atoms with Crippen molar-refractivity contribution in [3.63, 3.8) is 0 Å². The maximum atomic E-state index is 11.7. The topological polar surface area (TPSA) is 63.6 Å². The van der Waals surface area contributed by atoms with Gasteiger partial charge in [-0.05, 0) is 50.2 Å². The standard InChI is InChI=1S/C13H22O4Si/c1-7(14)11-8-5-9(12(11)13(15)16)10(6-8)18(3,4)17-2/h8-12H,5-6H2,1-4H3,(H,15,16). The fraction of sp³-hybridized carbons (Fsp3) is 0.846. The van der Waals surface area contributed by atoms with Gasteiger partial charge >= 0.3 is 5.97 Å². The number of hydrogen-bond acceptors (Lipinski definition) is 3. The van der Waals surface area contributed by atoms with Crippen LogP contribution in [-0.2, 0) is 14.0 Å². The summed E-state index contributed by atoms with van der Waals surface area (Å²) >= 11 is 0. The van der Waals surface area contributed by atoms with Gasteiger partial charge in [0.2, 0.25) is 0 Å². The molecule has 2 aliphatic rings. The molecule has 0 aromatic heterocycles. The van der Waals surface area contributed by atoms with Crippen molar-refractivity contribution < 1.29 is 19.1 Å². The fourth-order valence-corrected chi connectivity index (χ4v) is 6.78. The van der Waals surface area contributed by atoms with Gasteiger partial charge in [-0.1, -0.05) is 0 Å². The molecule has 0 radical (unpaired) electrons. The Kier molecular flexibility index (Phi) is 3.40. The highest BCUT2D eigenvalue weighted by atomic mass is 28.4. The maximum Gasteiger partial charge on any atom is 0.307 e. The van der Waals surface area contributed by atoms with Crippen molar-refractivity contribution in [2.75, 3.05) is 7.11 Å². The number of ketones is 1. The highest BCUT2D eigenvalue weighted by molar-refractivity contribution is 6.72. The monoisotopic (exact) mass is 270 g/mol. The molecule has 0 saturated heterocycles. The lowest BCUT2D eigenvalue weighted by Gasteiger charge is -2.38. The molecule has 18 heavy (non-hydrogen) atoms. The maximum absolute atomic E-state index is 11.7. The van der Waals surface area contributed by atoms with E-state index in [9.17, 15) is 14.7 Å². The lowest BCUT2D eigenvalue weighted by atomic mass is 9.77. The average Bonchev–Trinajstić information content (AvgIpc) is 2.85. The number of carbonyl (C=O) groups excluding carboxylic acids is 1. The molecular formula is C13H22O4Si. The van der Waals surface area contributed by atoms with Gasteiger partial charge in [0.05, 0.1) is 5.92 Å². The van der Waals surface area contributed by atoms with Gasteiger partial charge in [0.15, 0.2) is 8.32 Å². The fourth-order valence-electron chi connectivity index (χ4n) is 4.23. The van der Waals surface area contributed by atoms with E-state index in [0.717, 1.165) is 12.8 Å². The van der Waals surface area contributed by atoms with E-state index in [-0.39, 0.29) is 23.5 Å². The van der Waals surface area contributed by atoms with Crippen LogP contribution in [0.3, 0.4) is 0 Å². The second-order valence-corrected chi connectivity index (χ2v) is 10.7. The predicted molar refractivity (Wildman–Crippen MR) is 69.8 cm³/mol. The van der Waals surface area contributed by atoms with Crippen molar-refractivity contribution in [1.29, 1.82) is 0 Å². The SMILES string of the molecule is CO[Si](C)(C)C1CC2CC1C(C(=O)O)C2C(C)=O. The molecule has 2 fully saturated rings. The van der Waals surface area contributed by atoms with Crippen molar-refractivity contribution in [2.45, 2.75) is 38.4 Å². The third-order valence-electron chi connectivity index (χ3n) is 5.18. The molecule has 0 aromatic rings. The van der Waals surface area contributed by atoms with Gasteiger partial charge in [0, 0.05) is 13.0 Å². The lowest BCUT2D eigenvalue weighted by molar-refractivity contribution is -0.148. The van der Waals surface area contributed by atoms with Gasteiger partial charge in [0.25, 0.3) is 0 Å². The van der Waals surface area contributed by atoms with Crippen molar-refractivity contribution in [3.8, 4) is 0 Å². The first-order valence-electron chi connectivity index (χ1n) is 6.58. The Morgan fingerprint density at radius 1 is 1.22 bits per heavy atom. The number of hydrogen-bond donors (Lipinski definition) is 1. The molecule has 5 unspecified atom stereocenters. The summed E-state index contributed by atoms with van der Waals surface area (Å²) < 4.78 is 5.66. The first-order valence-corrected chi connectivity index (χ1v) is 9.56. The molecule has 5 heteroatoms. The van der Waals surface area contributed by atoms with Crippen LogP contribution in [0.4, 0.5) is 0 Å². The number of carbonyl (C=O) groups is 2. The van der Waals surface area contributed by atoms with E-state index < -0.39 is 20.2 Å². The zero-order chi connectivity index (χ0) is 13.7. The number of carboxylic acids is 1. The van der Waals surface area contributed by atoms with Crippen LogP contribution in [0.1, 0.15) is 19.8 Å². The third-order valence-corrected chi connectivity index (χ3v) is 8.68. The van der Waals surface area contributed by atoms with Gasteiger partial charge in [0.1, 0.15) is 5.78 Å². The Hall–Kier alpha value is -0.683. The van der Waals surface area contributed by atoms with Crippen LogP contribution in [-0.4, -0.2) is 32.3 Å². The zero-order valence-electron chi connectivity index (χ0n) is 11.5. The van der Waals surface area contributed by atoms with E-state index in [4.69, 9.17) is 4.43 Å². The van der Waals surface area contributed by atoms with Crippen molar-refractivity contribution in [2.24, 2.45) is 23.7 Å². The Morgan fingerprint density at radius 3 is 2.28 bits per heavy atom. The smallest absolute Gasteiger partial charge is 0.307 e. The van der Waals surface area contributed by atoms with E-state index in [1.165, 1.54) is 6.92 Å². The van der Waals surface area contributed by atoms with Crippen LogP contribution in [0.5, 0.6) is 0 Å². The Morgan fingerprint density at radius 2 is 1.83 bits per heavy atom. The molecule has 0 aromatic carbocycles. The molecule has 0 amide bonds. The van der Waals surface area contributed by atoms with Crippen LogP contribution in [0.2, 0.25) is 18.6 Å². The average molecular weight is 270 g/mol. The lowest BCUT2D eigenvalue weighted by Crippen LogP contribution is -2.45. The summed E-state index contributed by atoms with van der Waals surface area (Å²) in [7, 11) is -0.0919. The molecule has 2 saturated carbocycles. The van der Waals surface area contributed by atoms with Gasteiger partial charge in [-0.15, -0.1) is 0 Å². The summed E-state index contributed by atoms with van der Waals surface area (Å²) in [5.74, 6) is -1.08. The largest absolute Gasteiger partial charge is 0.481 e. The number of rotatable bonds is 4. The highest BCUT2D eigenvalue weighted by Gasteiger charge is 2.60. The van der Waals surface area contributed by atoms with E-state index in [0.29, 0.717) is 5.54 Å². The first-order chi connectivity index (χ1) is 8.29. The molecule has 0 aliphatic heterocycles. The molecule has 2 aliphatic carbocycles. The summed E-state index contributed by atoms with van der Waals surface area (Å²) in [6, 6.07) is 0. The van der Waals surface area contributed by atoms with Gasteiger partial charge in [-0.3, -0.25) is 9.59 Å². The van der Waals surface area contributed by atoms with Crippen LogP contribution < -0.4 is 0 Å². The molecule has 2 bridgehead atoms. The van der Waals surface area contributed by atoms with Crippen LogP contribution in [0.25, 0.3) is 0 Å². The number of aliphatic carboxylic acids is 1. The summed E-state index contributed by atoms with van der Waals surface area (Å²) in [4.78, 5) is 23.2. The minimum atomic E-state index is -1.82. The Labute approximate surface area is 109 Å². The predicted octanol–water partition coefficient (Wildman–Crippen LogP) is 2.15. The summed E-state index contributed by atoms with van der Waals surface area (Å²) in [6.07, 6.45) is 1.87. The second-order valence-electron chi connectivity index (χ2n) is 6.31. The van der Waals surface area contributed by atoms with E-state index in [2.05, 4.69) is 13.1 Å². The summed E-state index contributed by atoms with van der Waals surface area (Å²) in [5, 5.41) is 9.43. The van der Waals surface area contributed by atoms with Crippen LogP contribution in [0, 0.1) is 23.7 Å². The summed E-state index contributed by atoms with van der Waals surface area (Å²) in [6.45, 7) is 5.84. The van der Waals surface area contributed by atoms with E-state index >= 15 is 0 Å². The number of fused-ring (bicyclic) bond motifs is 2. The second kappa shape index (κ2) is 4.45. The summed E-state index contributed by atoms with van der Waals surface area (Å²) in [5.41, 5.74) is 0.379. The molecule has 5 atom stereocenters. The van der Waals surface area contributed by atoms with E-state index in [1.54, 1.807) is 7.11 Å². The van der Waals surface area contributed by atoms with Gasteiger partial charge in [-0.2, -0.15) is 0 Å². The Balaban J connectivity index is 2.28. The Bertz CT molecular complexity index is 379. The highest BCUT2D eigenvalue weighted by Crippen LogP contribution is 2.61. The van der Waals surface area contributed by atoms with Crippen LogP contribution in [0.15, 0.2) is 0 Å². The first kappa shape index (κ1) is 13.7. The number of Topliss-reactive ketones (excluding diaryl/α,β-unsaturated/α-hetero) is 1. The van der Waals surface area contributed by atoms with E-state index in [1.807, 2.05) is 0 Å². The van der Waals surface area contributed by atoms with Crippen molar-refractivity contribution >= 4 is 20.1 Å². The molecule has 2 rings (SSSR count). The molecule has 4 nitrogen and oxygen atoms in total. The normalized spacial score (nSPS) is 39.0. The molecule has 1 N–H and O–H groups in total. The molecule has 0 heterocycles. The minimum Gasteiger partial charge on any atom is -0.481 e. The minimum absolute atomic E-state index is 0.0465. The van der Waals surface area contributed by atoms with Crippen molar-refractivity contribution in [1.82, 2.24) is 0 Å². The third kappa shape index (κ3) is 1.93. The quantitative estimate of drug-likeness (QED) is 0.795. The molecule has 102 valence electrons.